The fourth-order valence-corrected chi connectivity index (χ4v) is 4.49. The van der Waals surface area contributed by atoms with Gasteiger partial charge in [-0.2, -0.15) is 0 Å². The molecule has 2 rings (SSSR count). The average molecular weight is 518 g/mol. The number of carboxylic acid groups (broad SMARTS) is 1. The quantitative estimate of drug-likeness (QED) is 0.324. The zero-order valence-electron chi connectivity index (χ0n) is 21.0. The molecule has 0 aliphatic heterocycles. The first-order valence-electron chi connectivity index (χ1n) is 12.2. The van der Waals surface area contributed by atoms with Crippen molar-refractivity contribution in [3.05, 3.63) is 58.9 Å². The molecular weight excluding hydrogens is 482 g/mol. The van der Waals surface area contributed by atoms with Gasteiger partial charge < -0.3 is 10.4 Å². The first-order valence-corrected chi connectivity index (χ1v) is 13.7. The molecule has 0 unspecified atom stereocenters. The topological polar surface area (TPSA) is 143 Å². The van der Waals surface area contributed by atoms with Crippen molar-refractivity contribution in [1.29, 1.82) is 0 Å². The Bertz CT molecular complexity index is 1160. The minimum Gasteiger partial charge on any atom is -0.477 e. The molecule has 0 radical (unpaired) electrons. The molecule has 1 heterocycles. The van der Waals surface area contributed by atoms with E-state index >= 15 is 0 Å². The summed E-state index contributed by atoms with van der Waals surface area (Å²) >= 11 is 0. The van der Waals surface area contributed by atoms with Gasteiger partial charge in [-0.25, -0.2) is 22.9 Å². The van der Waals surface area contributed by atoms with Gasteiger partial charge in [-0.1, -0.05) is 45.7 Å². The lowest BCUT2D eigenvalue weighted by atomic mass is 10.0. The van der Waals surface area contributed by atoms with Gasteiger partial charge in [-0.3, -0.25) is 9.59 Å². The number of carboxylic acids is 1. The largest absolute Gasteiger partial charge is 0.477 e. The number of aromatic nitrogens is 1. The normalized spacial score (nSPS) is 11.3. The third kappa shape index (κ3) is 9.07. The van der Waals surface area contributed by atoms with E-state index in [1.54, 1.807) is 12.1 Å². The predicted octanol–water partition coefficient (Wildman–Crippen LogP) is 3.73. The van der Waals surface area contributed by atoms with Crippen LogP contribution in [0, 0.1) is 5.92 Å². The van der Waals surface area contributed by atoms with Crippen LogP contribution < -0.4 is 10.0 Å². The number of sulfonamides is 1. The van der Waals surface area contributed by atoms with E-state index in [1.807, 2.05) is 11.6 Å². The Morgan fingerprint density at radius 3 is 2.36 bits per heavy atom. The number of aromatic carboxylic acids is 1. The van der Waals surface area contributed by atoms with Crippen LogP contribution in [0.15, 0.2) is 41.4 Å². The maximum atomic E-state index is 12.7. The molecule has 1 aromatic heterocycles. The molecule has 0 fully saturated rings. The Kier molecular flexibility index (Phi) is 11.0. The number of hydrogen-bond donors (Lipinski definition) is 3. The van der Waals surface area contributed by atoms with Gasteiger partial charge in [0, 0.05) is 19.2 Å². The summed E-state index contributed by atoms with van der Waals surface area (Å²) < 4.78 is 27.5. The number of aryl methyl sites for hydroxylation is 1. The smallest absolute Gasteiger partial charge is 0.354 e. The monoisotopic (exact) mass is 517 g/mol. The molecule has 3 N–H and O–H groups in total. The minimum absolute atomic E-state index is 0.00925. The Hall–Kier alpha value is -3.27. The number of nitrogens with zero attached hydrogens (tertiary/aromatic N) is 1. The van der Waals surface area contributed by atoms with Gasteiger partial charge in [0.15, 0.2) is 5.69 Å². The second-order valence-corrected chi connectivity index (χ2v) is 10.8. The van der Waals surface area contributed by atoms with Crippen molar-refractivity contribution < 1.29 is 27.9 Å². The average Bonchev–Trinajstić information content (AvgIpc) is 2.82. The lowest BCUT2D eigenvalue weighted by Crippen LogP contribution is -2.31. The summed E-state index contributed by atoms with van der Waals surface area (Å²) in [6, 6.07) is 7.44. The zero-order valence-corrected chi connectivity index (χ0v) is 21.9. The maximum absolute atomic E-state index is 12.7. The van der Waals surface area contributed by atoms with E-state index in [0.29, 0.717) is 37.3 Å². The Balaban J connectivity index is 2.02. The van der Waals surface area contributed by atoms with Crippen LogP contribution in [0.1, 0.15) is 84.8 Å². The highest BCUT2D eigenvalue weighted by molar-refractivity contribution is 7.90. The van der Waals surface area contributed by atoms with Crippen LogP contribution in [-0.2, 0) is 27.7 Å². The Labute approximate surface area is 212 Å². The van der Waals surface area contributed by atoms with Crippen LogP contribution in [0.5, 0.6) is 0 Å². The SMILES string of the molecule is CCCCCc1cc(C(=O)NS(=O)(=O)c2ccc(CCNC(=O)CCC(C)C)cc2)cnc1C(=O)O. The molecule has 0 atom stereocenters. The van der Waals surface area contributed by atoms with Gasteiger partial charge >= 0.3 is 5.97 Å². The fraction of sp³-hybridized carbons (Fsp3) is 0.462. The van der Waals surface area contributed by atoms with Crippen molar-refractivity contribution >= 4 is 27.8 Å². The van der Waals surface area contributed by atoms with E-state index in [2.05, 4.69) is 24.1 Å². The molecular formula is C26H35N3O6S. The predicted molar refractivity (Wildman–Crippen MR) is 136 cm³/mol. The molecule has 2 aromatic rings. The van der Waals surface area contributed by atoms with Gasteiger partial charge in [0.25, 0.3) is 15.9 Å². The van der Waals surface area contributed by atoms with Crippen molar-refractivity contribution in [1.82, 2.24) is 15.0 Å². The van der Waals surface area contributed by atoms with Gasteiger partial charge in [-0.05, 0) is 60.9 Å². The van der Waals surface area contributed by atoms with Crippen molar-refractivity contribution in [2.45, 2.75) is 70.6 Å². The molecule has 0 aliphatic rings. The van der Waals surface area contributed by atoms with E-state index < -0.39 is 21.9 Å². The summed E-state index contributed by atoms with van der Waals surface area (Å²) in [7, 11) is -4.15. The van der Waals surface area contributed by atoms with Crippen LogP contribution in [0.2, 0.25) is 0 Å². The van der Waals surface area contributed by atoms with Gasteiger partial charge in [0.05, 0.1) is 10.5 Å². The second kappa shape index (κ2) is 13.7. The molecule has 0 saturated carbocycles. The van der Waals surface area contributed by atoms with Crippen molar-refractivity contribution in [3.63, 3.8) is 0 Å². The minimum atomic E-state index is -4.15. The first-order chi connectivity index (χ1) is 17.0. The first kappa shape index (κ1) is 29.0. The van der Waals surface area contributed by atoms with Crippen molar-refractivity contribution in [2.24, 2.45) is 5.92 Å². The summed E-state index contributed by atoms with van der Waals surface area (Å²) in [5.74, 6) is -1.63. The Morgan fingerprint density at radius 2 is 1.75 bits per heavy atom. The fourth-order valence-electron chi connectivity index (χ4n) is 3.51. The highest BCUT2D eigenvalue weighted by Gasteiger charge is 2.21. The van der Waals surface area contributed by atoms with Gasteiger partial charge in [-0.15, -0.1) is 0 Å². The van der Waals surface area contributed by atoms with E-state index in [4.69, 9.17) is 0 Å². The maximum Gasteiger partial charge on any atom is 0.354 e. The highest BCUT2D eigenvalue weighted by Crippen LogP contribution is 2.16. The molecule has 196 valence electrons. The number of pyridine rings is 1. The van der Waals surface area contributed by atoms with Crippen LogP contribution in [-0.4, -0.2) is 42.8 Å². The van der Waals surface area contributed by atoms with E-state index in [0.717, 1.165) is 37.4 Å². The summed E-state index contributed by atoms with van der Waals surface area (Å²) in [5, 5.41) is 12.2. The number of carbonyl (C=O) groups excluding carboxylic acids is 2. The van der Waals surface area contributed by atoms with E-state index in [9.17, 15) is 27.9 Å². The number of amides is 2. The lowest BCUT2D eigenvalue weighted by molar-refractivity contribution is -0.121. The standard InChI is InChI=1S/C26H35N3O6S/c1-4-5-6-7-20-16-21(17-28-24(20)26(32)33)25(31)29-36(34,35)22-11-9-19(10-12-22)14-15-27-23(30)13-8-18(2)3/h9-12,16-18H,4-8,13-15H2,1-3H3,(H,27,30)(H,29,31)(H,32,33). The Morgan fingerprint density at radius 1 is 1.06 bits per heavy atom. The van der Waals surface area contributed by atoms with Gasteiger partial charge in [0.2, 0.25) is 5.91 Å². The highest BCUT2D eigenvalue weighted by atomic mass is 32.2. The third-order valence-electron chi connectivity index (χ3n) is 5.63. The number of nitrogens with one attached hydrogen (secondary N) is 2. The summed E-state index contributed by atoms with van der Waals surface area (Å²) in [6.45, 7) is 6.58. The van der Waals surface area contributed by atoms with Crippen LogP contribution in [0.3, 0.4) is 0 Å². The summed E-state index contributed by atoms with van der Waals surface area (Å²) in [6.07, 6.45) is 5.90. The molecule has 0 spiro atoms. The molecule has 9 nitrogen and oxygen atoms in total. The zero-order chi connectivity index (χ0) is 26.7. The number of hydrogen-bond acceptors (Lipinski definition) is 6. The van der Waals surface area contributed by atoms with Crippen LogP contribution >= 0.6 is 0 Å². The molecule has 2 amide bonds. The van der Waals surface area contributed by atoms with Crippen LogP contribution in [0.25, 0.3) is 0 Å². The van der Waals surface area contributed by atoms with E-state index in [1.165, 1.54) is 18.2 Å². The summed E-state index contributed by atoms with van der Waals surface area (Å²) in [4.78, 5) is 39.7. The van der Waals surface area contributed by atoms with Crippen molar-refractivity contribution in [3.8, 4) is 0 Å². The lowest BCUT2D eigenvalue weighted by Gasteiger charge is -2.10. The molecule has 1 aromatic carbocycles. The molecule has 0 aliphatic carbocycles. The number of benzene rings is 1. The number of unbranched alkanes of at least 4 members (excludes halogenated alkanes) is 2. The second-order valence-electron chi connectivity index (χ2n) is 9.11. The molecule has 36 heavy (non-hydrogen) atoms. The molecule has 0 bridgehead atoms. The third-order valence-corrected chi connectivity index (χ3v) is 6.97. The molecule has 10 heteroatoms. The number of rotatable bonds is 14. The summed E-state index contributed by atoms with van der Waals surface area (Å²) in [5.41, 5.74) is 1.06. The van der Waals surface area contributed by atoms with Crippen molar-refractivity contribution in [2.75, 3.05) is 6.54 Å². The van der Waals surface area contributed by atoms with Crippen LogP contribution in [0.4, 0.5) is 0 Å². The van der Waals surface area contributed by atoms with E-state index in [-0.39, 0.29) is 22.1 Å². The van der Waals surface area contributed by atoms with Gasteiger partial charge in [0.1, 0.15) is 0 Å². The number of carbonyl (C=O) groups is 3. The molecule has 0 saturated heterocycles.